The van der Waals surface area contributed by atoms with Gasteiger partial charge >= 0.3 is 12.4 Å². The van der Waals surface area contributed by atoms with Crippen LogP contribution in [0.3, 0.4) is 0 Å². The largest absolute Gasteiger partial charge is 0.508 e. The molecule has 6 rings (SSSR count). The van der Waals surface area contributed by atoms with Crippen LogP contribution in [0.2, 0.25) is 0 Å². The molecule has 0 saturated carbocycles. The van der Waals surface area contributed by atoms with Crippen molar-refractivity contribution in [2.24, 2.45) is 17.8 Å². The fraction of sp³-hybridized carbons (Fsp3) is 0.290. The van der Waals surface area contributed by atoms with Crippen molar-refractivity contribution in [1.82, 2.24) is 0 Å². The van der Waals surface area contributed by atoms with E-state index in [1.165, 1.54) is 25.3 Å². The number of alkyl halides is 6. The Bertz CT molecular complexity index is 1770. The lowest BCUT2D eigenvalue weighted by Gasteiger charge is -2.42. The molecule has 4 atom stereocenters. The van der Waals surface area contributed by atoms with Gasteiger partial charge in [-0.25, -0.2) is 4.90 Å². The number of aromatic hydroxyl groups is 1. The molecule has 1 aliphatic heterocycles. The van der Waals surface area contributed by atoms with Crippen LogP contribution >= 0.6 is 15.9 Å². The number of hydrogen-bond donors (Lipinski definition) is 1. The predicted octanol–water partition coefficient (Wildman–Crippen LogP) is 6.41. The van der Waals surface area contributed by atoms with E-state index >= 15 is 0 Å². The molecule has 1 heterocycles. The lowest BCUT2D eigenvalue weighted by atomic mass is 9.59. The molecule has 1 saturated heterocycles. The molecule has 14 heteroatoms. The third-order valence-electron chi connectivity index (χ3n) is 8.69. The minimum Gasteiger partial charge on any atom is -0.508 e. The van der Waals surface area contributed by atoms with E-state index < -0.39 is 76.2 Å². The van der Waals surface area contributed by atoms with Crippen molar-refractivity contribution >= 4 is 45.0 Å². The van der Waals surface area contributed by atoms with Crippen molar-refractivity contribution in [3.63, 3.8) is 0 Å². The normalized spacial score (nSPS) is 25.1. The molecule has 2 amide bonds. The van der Waals surface area contributed by atoms with Gasteiger partial charge in [0.1, 0.15) is 11.5 Å². The number of amides is 2. The van der Waals surface area contributed by atoms with Gasteiger partial charge in [-0.15, -0.1) is 0 Å². The second-order valence-corrected chi connectivity index (χ2v) is 12.0. The summed E-state index contributed by atoms with van der Waals surface area (Å²) in [6.07, 6.45) is -7.97. The van der Waals surface area contributed by atoms with Crippen molar-refractivity contribution in [3.8, 4) is 11.5 Å². The number of benzene rings is 2. The van der Waals surface area contributed by atoms with E-state index in [9.17, 15) is 50.6 Å². The molecule has 7 nitrogen and oxygen atoms in total. The van der Waals surface area contributed by atoms with Gasteiger partial charge in [-0.3, -0.25) is 19.2 Å². The minimum absolute atomic E-state index is 0.0402. The summed E-state index contributed by atoms with van der Waals surface area (Å²) < 4.78 is 87.1. The summed E-state index contributed by atoms with van der Waals surface area (Å²) in [5.74, 6) is -7.33. The summed E-state index contributed by atoms with van der Waals surface area (Å²) in [6, 6.07) is 4.68. The Morgan fingerprint density at radius 2 is 1.56 bits per heavy atom. The summed E-state index contributed by atoms with van der Waals surface area (Å²) in [5, 5.41) is 10.1. The molecule has 0 aromatic heterocycles. The molecule has 4 unspecified atom stereocenters. The number of nitrogens with zero attached hydrogens (tertiary/aromatic N) is 1. The number of rotatable bonds is 3. The molecule has 1 fully saturated rings. The third kappa shape index (κ3) is 4.89. The van der Waals surface area contributed by atoms with Crippen LogP contribution < -0.4 is 9.64 Å². The number of methoxy groups -OCH3 is 1. The van der Waals surface area contributed by atoms with E-state index in [1.54, 1.807) is 6.08 Å². The highest BCUT2D eigenvalue weighted by Crippen LogP contribution is 2.57. The Morgan fingerprint density at radius 3 is 2.16 bits per heavy atom. The molecule has 3 aliphatic carbocycles. The maximum absolute atomic E-state index is 14.0. The van der Waals surface area contributed by atoms with E-state index in [1.807, 2.05) is 0 Å². The van der Waals surface area contributed by atoms with Gasteiger partial charge in [-0.05, 0) is 59.0 Å². The zero-order valence-electron chi connectivity index (χ0n) is 22.9. The quantitative estimate of drug-likeness (QED) is 0.173. The number of hydrogen-bond acceptors (Lipinski definition) is 6. The molecule has 1 N–H and O–H groups in total. The van der Waals surface area contributed by atoms with Crippen molar-refractivity contribution < 1.29 is 55.4 Å². The van der Waals surface area contributed by atoms with E-state index in [4.69, 9.17) is 4.74 Å². The number of imide groups is 1. The second-order valence-electron chi connectivity index (χ2n) is 11.1. The standard InChI is InChI=1S/C31H20BrF6NO6/c1-45-23-9-15(40)2-3-17(23)24-16-4-5-18-25(19(16)10-20-26(24)22(41)11-21(32)27(20)42)29(44)39(28(18)43)14-7-12(30(33,34)35)6-13(8-14)31(36,37)38/h2-4,6-9,11,18-19,24-25,40H,5,10H2,1H3. The van der Waals surface area contributed by atoms with Gasteiger partial charge in [-0.2, -0.15) is 26.3 Å². The first-order chi connectivity index (χ1) is 21.0. The zero-order valence-corrected chi connectivity index (χ0v) is 24.5. The maximum atomic E-state index is 14.0. The number of allylic oxidation sites excluding steroid dienone is 6. The SMILES string of the molecule is COc1cc(O)ccc1C1C2=CCC3C(=O)N(c4cc(C(F)(F)F)cc(C(F)(F)F)c4)C(=O)C3C2CC2=C1C(=O)C=C(Br)C2=O. The third-order valence-corrected chi connectivity index (χ3v) is 9.28. The lowest BCUT2D eigenvalue weighted by molar-refractivity contribution is -0.143. The lowest BCUT2D eigenvalue weighted by Crippen LogP contribution is -2.39. The van der Waals surface area contributed by atoms with Crippen molar-refractivity contribution in [2.75, 3.05) is 12.0 Å². The Kier molecular flexibility index (Phi) is 7.14. The molecule has 45 heavy (non-hydrogen) atoms. The minimum atomic E-state index is -5.21. The molecule has 2 aromatic rings. The summed E-state index contributed by atoms with van der Waals surface area (Å²) in [4.78, 5) is 54.7. The van der Waals surface area contributed by atoms with E-state index in [0.29, 0.717) is 28.2 Å². The molecule has 0 radical (unpaired) electrons. The molecule has 0 spiro atoms. The summed E-state index contributed by atoms with van der Waals surface area (Å²) in [5.41, 5.74) is -3.25. The van der Waals surface area contributed by atoms with Gasteiger partial charge in [0, 0.05) is 34.8 Å². The van der Waals surface area contributed by atoms with Gasteiger partial charge in [0.15, 0.2) is 11.6 Å². The van der Waals surface area contributed by atoms with E-state index in [2.05, 4.69) is 15.9 Å². The van der Waals surface area contributed by atoms with Crippen molar-refractivity contribution in [1.29, 1.82) is 0 Å². The fourth-order valence-electron chi connectivity index (χ4n) is 6.82. The highest BCUT2D eigenvalue weighted by Gasteiger charge is 2.57. The average molecular weight is 696 g/mol. The van der Waals surface area contributed by atoms with Crippen LogP contribution in [0.1, 0.15) is 35.4 Å². The predicted molar refractivity (Wildman–Crippen MR) is 148 cm³/mol. The van der Waals surface area contributed by atoms with Crippen LogP contribution in [-0.2, 0) is 31.5 Å². The van der Waals surface area contributed by atoms with Gasteiger partial charge < -0.3 is 9.84 Å². The van der Waals surface area contributed by atoms with E-state index in [0.717, 1.165) is 6.08 Å². The van der Waals surface area contributed by atoms with Crippen molar-refractivity contribution in [2.45, 2.75) is 31.1 Å². The molecule has 4 aliphatic rings. The highest BCUT2D eigenvalue weighted by atomic mass is 79.9. The van der Waals surface area contributed by atoms with Gasteiger partial charge in [0.2, 0.25) is 11.8 Å². The first kappa shape index (κ1) is 30.8. The van der Waals surface area contributed by atoms with Crippen LogP contribution in [0.5, 0.6) is 11.5 Å². The van der Waals surface area contributed by atoms with Gasteiger partial charge in [0.05, 0.1) is 40.2 Å². The number of halogens is 7. The van der Waals surface area contributed by atoms with Crippen molar-refractivity contribution in [3.05, 3.63) is 86.4 Å². The number of anilines is 1. The molecular formula is C31H20BrF6NO6. The topological polar surface area (TPSA) is 101 Å². The number of carbonyl (C=O) groups excluding carboxylic acids is 4. The number of fused-ring (bicyclic) bond motifs is 3. The Balaban J connectivity index is 1.49. The zero-order chi connectivity index (χ0) is 32.7. The Hall–Kier alpha value is -4.20. The number of ketones is 2. The number of carbonyl (C=O) groups is 4. The maximum Gasteiger partial charge on any atom is 0.416 e. The van der Waals surface area contributed by atoms with Gasteiger partial charge in [-0.1, -0.05) is 17.7 Å². The van der Waals surface area contributed by atoms with Crippen LogP contribution in [0, 0.1) is 17.8 Å². The number of phenolic OH excluding ortho intramolecular Hbond substituents is 1. The van der Waals surface area contributed by atoms with Crippen LogP contribution in [0.25, 0.3) is 0 Å². The summed E-state index contributed by atoms with van der Waals surface area (Å²) in [6.45, 7) is 0. The highest BCUT2D eigenvalue weighted by molar-refractivity contribution is 9.12. The van der Waals surface area contributed by atoms with Crippen LogP contribution in [0.4, 0.5) is 32.0 Å². The average Bonchev–Trinajstić information content (AvgIpc) is 3.23. The fourth-order valence-corrected chi connectivity index (χ4v) is 7.27. The Labute approximate surface area is 259 Å². The van der Waals surface area contributed by atoms with Crippen LogP contribution in [-0.4, -0.2) is 35.6 Å². The smallest absolute Gasteiger partial charge is 0.416 e. The van der Waals surface area contributed by atoms with Crippen LogP contribution in [0.15, 0.2) is 69.8 Å². The Morgan fingerprint density at radius 1 is 0.911 bits per heavy atom. The molecular weight excluding hydrogens is 676 g/mol. The number of phenols is 1. The molecule has 2 aromatic carbocycles. The first-order valence-corrected chi connectivity index (χ1v) is 14.3. The molecule has 234 valence electrons. The monoisotopic (exact) mass is 695 g/mol. The number of Topliss-reactive ketones (excluding diaryl/α,β-unsaturated/α-hetero) is 1. The molecule has 0 bridgehead atoms. The summed E-state index contributed by atoms with van der Waals surface area (Å²) in [7, 11) is 1.32. The first-order valence-electron chi connectivity index (χ1n) is 13.5. The van der Waals surface area contributed by atoms with E-state index in [-0.39, 0.29) is 46.0 Å². The van der Waals surface area contributed by atoms with Gasteiger partial charge in [0.25, 0.3) is 0 Å². The summed E-state index contributed by atoms with van der Waals surface area (Å²) >= 11 is 3.09. The number of ether oxygens (including phenoxy) is 1. The second kappa shape index (κ2) is 10.4.